The highest BCUT2D eigenvalue weighted by Crippen LogP contribution is 2.25. The van der Waals surface area contributed by atoms with Gasteiger partial charge in [0, 0.05) is 0 Å². The number of hydrogen-bond donors (Lipinski definition) is 1. The minimum atomic E-state index is -0.184. The molecular formula is C21H16N2O2S. The maximum Gasteiger partial charge on any atom is 0.255 e. The van der Waals surface area contributed by atoms with Gasteiger partial charge in [0.1, 0.15) is 16.5 Å². The maximum atomic E-state index is 12.6. The van der Waals surface area contributed by atoms with Crippen molar-refractivity contribution in [3.63, 3.8) is 0 Å². The summed E-state index contributed by atoms with van der Waals surface area (Å²) in [4.78, 5) is 17.2. The van der Waals surface area contributed by atoms with Crippen molar-refractivity contribution in [1.82, 2.24) is 10.3 Å². The molecule has 1 N–H and O–H groups in total. The first-order chi connectivity index (χ1) is 12.8. The van der Waals surface area contributed by atoms with Gasteiger partial charge in [-0.05, 0) is 36.4 Å². The van der Waals surface area contributed by atoms with E-state index in [4.69, 9.17) is 4.74 Å². The molecule has 3 aromatic carbocycles. The van der Waals surface area contributed by atoms with Gasteiger partial charge in [0.15, 0.2) is 0 Å². The maximum absolute atomic E-state index is 12.6. The molecular weight excluding hydrogens is 344 g/mol. The molecule has 4 aromatic rings. The van der Waals surface area contributed by atoms with Crippen LogP contribution in [-0.2, 0) is 6.54 Å². The zero-order valence-electron chi connectivity index (χ0n) is 13.9. The number of benzene rings is 3. The zero-order chi connectivity index (χ0) is 17.8. The molecule has 0 bridgehead atoms. The second-order valence-corrected chi connectivity index (χ2v) is 6.78. The summed E-state index contributed by atoms with van der Waals surface area (Å²) in [5.74, 6) is 1.04. The molecule has 5 heteroatoms. The Hall–Kier alpha value is -3.18. The third-order valence-corrected chi connectivity index (χ3v) is 4.88. The van der Waals surface area contributed by atoms with E-state index in [0.29, 0.717) is 23.6 Å². The quantitative estimate of drug-likeness (QED) is 0.544. The largest absolute Gasteiger partial charge is 0.457 e. The number of carbonyl (C=O) groups excluding carboxylic acids is 1. The van der Waals surface area contributed by atoms with Crippen molar-refractivity contribution in [1.29, 1.82) is 0 Å². The van der Waals surface area contributed by atoms with E-state index in [-0.39, 0.29) is 5.91 Å². The number of amides is 1. The number of thiazole rings is 1. The molecule has 1 aromatic heterocycles. The highest BCUT2D eigenvalue weighted by molar-refractivity contribution is 7.18. The Balaban J connectivity index is 1.49. The Labute approximate surface area is 155 Å². The Bertz CT molecular complexity index is 1010. The van der Waals surface area contributed by atoms with E-state index in [9.17, 15) is 4.79 Å². The third-order valence-electron chi connectivity index (χ3n) is 3.84. The van der Waals surface area contributed by atoms with Gasteiger partial charge in [0.05, 0.1) is 22.3 Å². The first kappa shape index (κ1) is 16.3. The lowest BCUT2D eigenvalue weighted by Gasteiger charge is -2.10. The van der Waals surface area contributed by atoms with Gasteiger partial charge in [-0.1, -0.05) is 42.5 Å². The van der Waals surface area contributed by atoms with Crippen molar-refractivity contribution in [2.45, 2.75) is 6.54 Å². The number of nitrogens with zero attached hydrogens (tertiary/aromatic N) is 1. The van der Waals surface area contributed by atoms with Gasteiger partial charge in [0.25, 0.3) is 5.91 Å². The van der Waals surface area contributed by atoms with Crippen LogP contribution >= 0.6 is 11.3 Å². The summed E-state index contributed by atoms with van der Waals surface area (Å²) in [7, 11) is 0. The van der Waals surface area contributed by atoms with E-state index in [1.54, 1.807) is 23.5 Å². The van der Waals surface area contributed by atoms with Crippen LogP contribution in [0.4, 0.5) is 0 Å². The summed E-state index contributed by atoms with van der Waals surface area (Å²) < 4.78 is 6.97. The van der Waals surface area contributed by atoms with Crippen LogP contribution < -0.4 is 10.1 Å². The molecule has 0 aliphatic heterocycles. The summed E-state index contributed by atoms with van der Waals surface area (Å²) in [6.45, 7) is 0.387. The van der Waals surface area contributed by atoms with Crippen LogP contribution in [0.1, 0.15) is 15.4 Å². The highest BCUT2D eigenvalue weighted by Gasteiger charge is 2.13. The van der Waals surface area contributed by atoms with Crippen LogP contribution in [0.15, 0.2) is 78.9 Å². The first-order valence-corrected chi connectivity index (χ1v) is 9.06. The number of hydrogen-bond acceptors (Lipinski definition) is 4. The molecule has 0 radical (unpaired) electrons. The van der Waals surface area contributed by atoms with Gasteiger partial charge in [-0.3, -0.25) is 4.79 Å². The monoisotopic (exact) mass is 360 g/mol. The van der Waals surface area contributed by atoms with Crippen molar-refractivity contribution in [3.8, 4) is 11.5 Å². The topological polar surface area (TPSA) is 51.2 Å². The van der Waals surface area contributed by atoms with Gasteiger partial charge in [-0.2, -0.15) is 0 Å². The van der Waals surface area contributed by atoms with Crippen molar-refractivity contribution in [2.75, 3.05) is 0 Å². The summed E-state index contributed by atoms with van der Waals surface area (Å²) >= 11 is 1.58. The average Bonchev–Trinajstić information content (AvgIpc) is 3.10. The lowest BCUT2D eigenvalue weighted by Crippen LogP contribution is -2.23. The predicted octanol–water partition coefficient (Wildman–Crippen LogP) is 5.02. The zero-order valence-corrected chi connectivity index (χ0v) is 14.7. The van der Waals surface area contributed by atoms with E-state index in [1.807, 2.05) is 66.7 Å². The molecule has 26 heavy (non-hydrogen) atoms. The van der Waals surface area contributed by atoms with Crippen LogP contribution in [-0.4, -0.2) is 10.9 Å². The van der Waals surface area contributed by atoms with E-state index < -0.39 is 0 Å². The minimum Gasteiger partial charge on any atom is -0.457 e. The summed E-state index contributed by atoms with van der Waals surface area (Å²) in [6.07, 6.45) is 0. The number of nitrogens with one attached hydrogen (secondary N) is 1. The van der Waals surface area contributed by atoms with E-state index in [1.165, 1.54) is 0 Å². The molecule has 0 saturated carbocycles. The van der Waals surface area contributed by atoms with Crippen molar-refractivity contribution >= 4 is 27.5 Å². The summed E-state index contributed by atoms with van der Waals surface area (Å²) in [6, 6.07) is 24.6. The van der Waals surface area contributed by atoms with Crippen LogP contribution in [0.2, 0.25) is 0 Å². The summed E-state index contributed by atoms with van der Waals surface area (Å²) in [5.41, 5.74) is 1.45. The van der Waals surface area contributed by atoms with Crippen molar-refractivity contribution in [3.05, 3.63) is 89.4 Å². The molecule has 4 rings (SSSR count). The number of carbonyl (C=O) groups is 1. The SMILES string of the molecule is O=C(NCc1nc2ccccc2s1)c1ccccc1Oc1ccccc1. The molecule has 0 unspecified atom stereocenters. The number of fused-ring (bicyclic) bond motifs is 1. The minimum absolute atomic E-state index is 0.184. The van der Waals surface area contributed by atoms with Crippen LogP contribution in [0.25, 0.3) is 10.2 Å². The van der Waals surface area contributed by atoms with Gasteiger partial charge in [-0.15, -0.1) is 11.3 Å². The number of para-hydroxylation sites is 3. The Morgan fingerprint density at radius 2 is 1.65 bits per heavy atom. The molecule has 0 aliphatic rings. The molecule has 1 heterocycles. The fourth-order valence-corrected chi connectivity index (χ4v) is 3.51. The van der Waals surface area contributed by atoms with Gasteiger partial charge in [-0.25, -0.2) is 4.98 Å². The molecule has 0 saturated heterocycles. The number of rotatable bonds is 5. The van der Waals surface area contributed by atoms with Crippen LogP contribution in [0, 0.1) is 0 Å². The highest BCUT2D eigenvalue weighted by atomic mass is 32.1. The molecule has 128 valence electrons. The third kappa shape index (κ3) is 3.58. The number of ether oxygens (including phenoxy) is 1. The van der Waals surface area contributed by atoms with Gasteiger partial charge < -0.3 is 10.1 Å². The standard InChI is InChI=1S/C21H16N2O2S/c24-21(22-14-20-23-17-11-5-7-13-19(17)26-20)16-10-4-6-12-18(16)25-15-8-2-1-3-9-15/h1-13H,14H2,(H,22,24). The first-order valence-electron chi connectivity index (χ1n) is 8.24. The molecule has 0 aliphatic carbocycles. The Morgan fingerprint density at radius 3 is 2.50 bits per heavy atom. The van der Waals surface area contributed by atoms with Crippen molar-refractivity contribution < 1.29 is 9.53 Å². The molecule has 0 atom stereocenters. The second kappa shape index (κ2) is 7.37. The molecule has 0 spiro atoms. The Kier molecular flexibility index (Phi) is 4.62. The van der Waals surface area contributed by atoms with Crippen molar-refractivity contribution in [2.24, 2.45) is 0 Å². The van der Waals surface area contributed by atoms with Gasteiger partial charge in [0.2, 0.25) is 0 Å². The number of aromatic nitrogens is 1. The lowest BCUT2D eigenvalue weighted by atomic mass is 10.2. The normalized spacial score (nSPS) is 10.6. The van der Waals surface area contributed by atoms with Crippen LogP contribution in [0.5, 0.6) is 11.5 Å². The molecule has 4 nitrogen and oxygen atoms in total. The predicted molar refractivity (Wildman–Crippen MR) is 104 cm³/mol. The van der Waals surface area contributed by atoms with E-state index in [2.05, 4.69) is 10.3 Å². The smallest absolute Gasteiger partial charge is 0.255 e. The van der Waals surface area contributed by atoms with E-state index in [0.717, 1.165) is 15.2 Å². The van der Waals surface area contributed by atoms with E-state index >= 15 is 0 Å². The average molecular weight is 360 g/mol. The Morgan fingerprint density at radius 1 is 0.923 bits per heavy atom. The van der Waals surface area contributed by atoms with Crippen LogP contribution in [0.3, 0.4) is 0 Å². The lowest BCUT2D eigenvalue weighted by molar-refractivity contribution is 0.0948. The fourth-order valence-electron chi connectivity index (χ4n) is 2.61. The summed E-state index contributed by atoms with van der Waals surface area (Å²) in [5, 5.41) is 3.81. The van der Waals surface area contributed by atoms with Gasteiger partial charge >= 0.3 is 0 Å². The fraction of sp³-hybridized carbons (Fsp3) is 0.0476. The molecule has 1 amide bonds. The molecule has 0 fully saturated rings. The second-order valence-electron chi connectivity index (χ2n) is 5.67.